The molecule has 1 aliphatic rings. The van der Waals surface area contributed by atoms with Gasteiger partial charge in [-0.25, -0.2) is 4.39 Å². The zero-order valence-corrected chi connectivity index (χ0v) is 10.7. The van der Waals surface area contributed by atoms with Crippen LogP contribution in [-0.2, 0) is 4.74 Å². The Balaban J connectivity index is 2.20. The van der Waals surface area contributed by atoms with Gasteiger partial charge >= 0.3 is 0 Å². The van der Waals surface area contributed by atoms with Crippen LogP contribution in [0.15, 0.2) is 18.2 Å². The molecule has 1 aliphatic heterocycles. The molecule has 0 amide bonds. The molecule has 2 rings (SSSR count). The average Bonchev–Trinajstić information content (AvgIpc) is 2.71. The summed E-state index contributed by atoms with van der Waals surface area (Å²) in [6.45, 7) is 4.62. The van der Waals surface area contributed by atoms with E-state index >= 15 is 0 Å². The molecule has 1 aromatic rings. The number of ether oxygens (including phenoxy) is 1. The third kappa shape index (κ3) is 2.67. The summed E-state index contributed by atoms with van der Waals surface area (Å²) in [5, 5.41) is 3.28. The minimum absolute atomic E-state index is 0.130. The Morgan fingerprint density at radius 3 is 2.76 bits per heavy atom. The zero-order valence-electron chi connectivity index (χ0n) is 10.7. The molecular weight excluding hydrogens is 217 g/mol. The Labute approximate surface area is 102 Å². The number of hydrogen-bond donors (Lipinski definition) is 1. The molecule has 0 saturated carbocycles. The highest BCUT2D eigenvalue weighted by atomic mass is 19.1. The molecule has 3 heteroatoms. The highest BCUT2D eigenvalue weighted by Crippen LogP contribution is 2.31. The van der Waals surface area contributed by atoms with Crippen LogP contribution in [0.4, 0.5) is 4.39 Å². The maximum atomic E-state index is 13.6. The molecule has 1 aromatic carbocycles. The van der Waals surface area contributed by atoms with Gasteiger partial charge in [-0.2, -0.15) is 0 Å². The normalized spacial score (nSPS) is 26.1. The Hall–Kier alpha value is -0.930. The highest BCUT2D eigenvalue weighted by Gasteiger charge is 2.29. The quantitative estimate of drug-likeness (QED) is 0.872. The lowest BCUT2D eigenvalue weighted by molar-refractivity contribution is 0.117. The fraction of sp³-hybridized carbons (Fsp3) is 0.571. The summed E-state index contributed by atoms with van der Waals surface area (Å²) in [6.07, 6.45) is 1.34. The maximum Gasteiger partial charge on any atom is 0.126 e. The van der Waals surface area contributed by atoms with E-state index in [1.165, 1.54) is 0 Å². The fourth-order valence-electron chi connectivity index (χ4n) is 2.56. The number of hydrogen-bond acceptors (Lipinski definition) is 2. The van der Waals surface area contributed by atoms with Crippen molar-refractivity contribution in [2.45, 2.75) is 32.4 Å². The first-order valence-electron chi connectivity index (χ1n) is 6.16. The lowest BCUT2D eigenvalue weighted by Crippen LogP contribution is -2.25. The van der Waals surface area contributed by atoms with Gasteiger partial charge in [0.15, 0.2) is 0 Å². The van der Waals surface area contributed by atoms with Gasteiger partial charge in [-0.05, 0) is 44.5 Å². The molecular formula is C14H20FNO. The summed E-state index contributed by atoms with van der Waals surface area (Å²) in [5.41, 5.74) is 1.71. The number of benzene rings is 1. The fourth-order valence-corrected chi connectivity index (χ4v) is 2.56. The van der Waals surface area contributed by atoms with Crippen LogP contribution in [0.5, 0.6) is 0 Å². The number of aryl methyl sites for hydroxylation is 1. The number of halogens is 1. The van der Waals surface area contributed by atoms with E-state index in [2.05, 4.69) is 12.2 Å². The molecule has 2 nitrogen and oxygen atoms in total. The van der Waals surface area contributed by atoms with E-state index < -0.39 is 0 Å². The minimum Gasteiger partial charge on any atom is -0.378 e. The first-order valence-corrected chi connectivity index (χ1v) is 6.16. The summed E-state index contributed by atoms with van der Waals surface area (Å²) in [7, 11) is 1.92. The highest BCUT2D eigenvalue weighted by molar-refractivity contribution is 5.26. The van der Waals surface area contributed by atoms with Crippen molar-refractivity contribution in [1.29, 1.82) is 0 Å². The Morgan fingerprint density at radius 2 is 2.24 bits per heavy atom. The van der Waals surface area contributed by atoms with Crippen LogP contribution in [0.25, 0.3) is 0 Å². The topological polar surface area (TPSA) is 21.3 Å². The van der Waals surface area contributed by atoms with Crippen LogP contribution in [0, 0.1) is 18.7 Å². The standard InChI is InChI=1S/C14H20FNO/c1-9-4-5-11(7-13(9)15)14(16-3)12-6-10(2)17-8-12/h4-5,7,10,12,14,16H,6,8H2,1-3H3. The monoisotopic (exact) mass is 237 g/mol. The van der Waals surface area contributed by atoms with E-state index in [-0.39, 0.29) is 11.9 Å². The van der Waals surface area contributed by atoms with Crippen molar-refractivity contribution in [3.8, 4) is 0 Å². The van der Waals surface area contributed by atoms with E-state index in [4.69, 9.17) is 4.74 Å². The van der Waals surface area contributed by atoms with Crippen molar-refractivity contribution in [1.82, 2.24) is 5.32 Å². The van der Waals surface area contributed by atoms with Crippen LogP contribution in [0.2, 0.25) is 0 Å². The Kier molecular flexibility index (Phi) is 3.79. The van der Waals surface area contributed by atoms with E-state index in [0.29, 0.717) is 17.6 Å². The van der Waals surface area contributed by atoms with E-state index in [9.17, 15) is 4.39 Å². The molecule has 0 aromatic heterocycles. The zero-order chi connectivity index (χ0) is 12.4. The van der Waals surface area contributed by atoms with Crippen LogP contribution in [0.1, 0.15) is 30.5 Å². The Morgan fingerprint density at radius 1 is 1.47 bits per heavy atom. The van der Waals surface area contributed by atoms with Crippen molar-refractivity contribution >= 4 is 0 Å². The number of rotatable bonds is 3. The molecule has 1 N–H and O–H groups in total. The molecule has 0 spiro atoms. The van der Waals surface area contributed by atoms with Gasteiger partial charge in [0.2, 0.25) is 0 Å². The van der Waals surface area contributed by atoms with Gasteiger partial charge in [0.1, 0.15) is 5.82 Å². The van der Waals surface area contributed by atoms with Gasteiger partial charge in [0, 0.05) is 12.0 Å². The summed E-state index contributed by atoms with van der Waals surface area (Å²) in [5.74, 6) is 0.298. The van der Waals surface area contributed by atoms with Crippen LogP contribution in [-0.4, -0.2) is 19.8 Å². The minimum atomic E-state index is -0.130. The Bertz CT molecular complexity index is 394. The van der Waals surface area contributed by atoms with Gasteiger partial charge in [0.05, 0.1) is 12.7 Å². The summed E-state index contributed by atoms with van der Waals surface area (Å²) in [6, 6.07) is 5.66. The molecule has 17 heavy (non-hydrogen) atoms. The first-order chi connectivity index (χ1) is 8.11. The van der Waals surface area contributed by atoms with Crippen LogP contribution in [0.3, 0.4) is 0 Å². The van der Waals surface area contributed by atoms with Gasteiger partial charge < -0.3 is 10.1 Å². The van der Waals surface area contributed by atoms with Gasteiger partial charge in [-0.15, -0.1) is 0 Å². The SMILES string of the molecule is CNC(c1ccc(C)c(F)c1)C1COC(C)C1. The van der Waals surface area contributed by atoms with Crippen LogP contribution < -0.4 is 5.32 Å². The van der Waals surface area contributed by atoms with Crippen molar-refractivity contribution in [2.75, 3.05) is 13.7 Å². The number of nitrogens with one attached hydrogen (secondary N) is 1. The smallest absolute Gasteiger partial charge is 0.126 e. The van der Waals surface area contributed by atoms with Gasteiger partial charge in [-0.3, -0.25) is 0 Å². The third-order valence-corrected chi connectivity index (χ3v) is 3.57. The molecule has 0 bridgehead atoms. The van der Waals surface area contributed by atoms with E-state index in [0.717, 1.165) is 18.6 Å². The third-order valence-electron chi connectivity index (χ3n) is 3.57. The van der Waals surface area contributed by atoms with Crippen LogP contribution >= 0.6 is 0 Å². The van der Waals surface area contributed by atoms with Gasteiger partial charge in [0.25, 0.3) is 0 Å². The summed E-state index contributed by atoms with van der Waals surface area (Å²) < 4.78 is 19.2. The van der Waals surface area contributed by atoms with E-state index in [1.807, 2.05) is 19.2 Å². The maximum absolute atomic E-state index is 13.6. The van der Waals surface area contributed by atoms with Crippen molar-refractivity contribution in [2.24, 2.45) is 5.92 Å². The predicted molar refractivity (Wildman–Crippen MR) is 66.5 cm³/mol. The molecule has 1 heterocycles. The second-order valence-electron chi connectivity index (χ2n) is 4.91. The van der Waals surface area contributed by atoms with E-state index in [1.54, 1.807) is 13.0 Å². The summed E-state index contributed by atoms with van der Waals surface area (Å²) >= 11 is 0. The molecule has 3 atom stereocenters. The van der Waals surface area contributed by atoms with Crippen molar-refractivity contribution in [3.63, 3.8) is 0 Å². The molecule has 0 radical (unpaired) electrons. The lowest BCUT2D eigenvalue weighted by Gasteiger charge is -2.22. The predicted octanol–water partition coefficient (Wildman–Crippen LogP) is 2.82. The molecule has 1 fully saturated rings. The average molecular weight is 237 g/mol. The molecule has 94 valence electrons. The largest absolute Gasteiger partial charge is 0.378 e. The van der Waals surface area contributed by atoms with Crippen molar-refractivity contribution in [3.05, 3.63) is 35.1 Å². The lowest BCUT2D eigenvalue weighted by atomic mass is 9.90. The molecule has 0 aliphatic carbocycles. The molecule has 1 saturated heterocycles. The second-order valence-corrected chi connectivity index (χ2v) is 4.91. The first kappa shape index (κ1) is 12.5. The van der Waals surface area contributed by atoms with Crippen molar-refractivity contribution < 1.29 is 9.13 Å². The summed E-state index contributed by atoms with van der Waals surface area (Å²) in [4.78, 5) is 0. The van der Waals surface area contributed by atoms with Gasteiger partial charge in [-0.1, -0.05) is 12.1 Å². The molecule has 3 unspecified atom stereocenters. The second kappa shape index (κ2) is 5.15.